The number of hydrogen-bond acceptors (Lipinski definition) is 4. The Bertz CT molecular complexity index is 1680. The van der Waals surface area contributed by atoms with Crippen LogP contribution in [0.1, 0.15) is 34.7 Å². The summed E-state index contributed by atoms with van der Waals surface area (Å²) < 4.78 is 13.7. The SMILES string of the molecule is COc1ccc(OC)c(N2C(=S)NC(c3ccccn3)C2c2cc(C)n(-c3cccc4ccccc34)c2C)c1. The number of methoxy groups -OCH3 is 2. The number of aromatic nitrogens is 2. The normalized spacial score (nSPS) is 16.9. The van der Waals surface area contributed by atoms with Gasteiger partial charge in [-0.15, -0.1) is 0 Å². The molecule has 3 heterocycles. The molecule has 1 N–H and O–H groups in total. The van der Waals surface area contributed by atoms with E-state index in [-0.39, 0.29) is 12.1 Å². The van der Waals surface area contributed by atoms with Gasteiger partial charge in [-0.2, -0.15) is 0 Å². The zero-order valence-corrected chi connectivity index (χ0v) is 23.2. The van der Waals surface area contributed by atoms with Crippen LogP contribution in [0.15, 0.2) is 91.1 Å². The third-order valence-corrected chi connectivity index (χ3v) is 7.85. The number of pyridine rings is 1. The Balaban J connectivity index is 1.57. The van der Waals surface area contributed by atoms with Crippen molar-refractivity contribution in [2.75, 3.05) is 19.1 Å². The predicted octanol–water partition coefficient (Wildman–Crippen LogP) is 6.84. The van der Waals surface area contributed by atoms with Crippen molar-refractivity contribution in [2.24, 2.45) is 0 Å². The minimum absolute atomic E-state index is 0.170. The van der Waals surface area contributed by atoms with Crippen LogP contribution < -0.4 is 19.7 Å². The topological polar surface area (TPSA) is 51.6 Å². The van der Waals surface area contributed by atoms with E-state index in [0.717, 1.165) is 45.5 Å². The molecule has 2 unspecified atom stereocenters. The van der Waals surface area contributed by atoms with Crippen LogP contribution in [-0.2, 0) is 0 Å². The number of rotatable bonds is 6. The van der Waals surface area contributed by atoms with Gasteiger partial charge in [0.1, 0.15) is 11.5 Å². The number of hydrogen-bond donors (Lipinski definition) is 1. The van der Waals surface area contributed by atoms with Crippen molar-refractivity contribution < 1.29 is 9.47 Å². The Kier molecular flexibility index (Phi) is 6.45. The van der Waals surface area contributed by atoms with Crippen LogP contribution in [0.3, 0.4) is 0 Å². The number of thiocarbonyl (C=S) groups is 1. The van der Waals surface area contributed by atoms with Gasteiger partial charge < -0.3 is 24.3 Å². The van der Waals surface area contributed by atoms with Crippen molar-refractivity contribution in [1.82, 2.24) is 14.9 Å². The summed E-state index contributed by atoms with van der Waals surface area (Å²) in [6.07, 6.45) is 1.82. The van der Waals surface area contributed by atoms with Gasteiger partial charge in [-0.1, -0.05) is 42.5 Å². The van der Waals surface area contributed by atoms with Crippen LogP contribution in [0.25, 0.3) is 16.5 Å². The van der Waals surface area contributed by atoms with E-state index in [9.17, 15) is 0 Å². The van der Waals surface area contributed by atoms with Crippen molar-refractivity contribution in [3.63, 3.8) is 0 Å². The van der Waals surface area contributed by atoms with Gasteiger partial charge in [-0.25, -0.2) is 0 Å². The number of nitrogens with one attached hydrogen (secondary N) is 1. The third kappa shape index (κ3) is 4.19. The van der Waals surface area contributed by atoms with E-state index in [0.29, 0.717) is 5.11 Å². The molecular weight excluding hydrogens is 504 g/mol. The molecule has 196 valence electrons. The number of ether oxygens (including phenoxy) is 2. The highest BCUT2D eigenvalue weighted by Gasteiger charge is 2.43. The third-order valence-electron chi connectivity index (χ3n) is 7.54. The second-order valence-corrected chi connectivity index (χ2v) is 10.1. The van der Waals surface area contributed by atoms with Gasteiger partial charge in [0, 0.05) is 29.0 Å². The van der Waals surface area contributed by atoms with Crippen molar-refractivity contribution in [2.45, 2.75) is 25.9 Å². The quantitative estimate of drug-likeness (QED) is 0.241. The van der Waals surface area contributed by atoms with Crippen LogP contribution in [0.5, 0.6) is 11.5 Å². The highest BCUT2D eigenvalue weighted by atomic mass is 32.1. The van der Waals surface area contributed by atoms with Gasteiger partial charge in [0.05, 0.1) is 43.4 Å². The van der Waals surface area contributed by atoms with Crippen LogP contribution in [-0.4, -0.2) is 28.9 Å². The molecule has 2 atom stereocenters. The summed E-state index contributed by atoms with van der Waals surface area (Å²) in [5, 5.41) is 6.60. The Morgan fingerprint density at radius 3 is 2.41 bits per heavy atom. The van der Waals surface area contributed by atoms with E-state index in [1.165, 1.54) is 10.8 Å². The molecular formula is C32H30N4O2S. The molecule has 5 aromatic rings. The maximum Gasteiger partial charge on any atom is 0.174 e. The van der Waals surface area contributed by atoms with Crippen LogP contribution in [0, 0.1) is 13.8 Å². The number of anilines is 1. The first kappa shape index (κ1) is 24.9. The second kappa shape index (κ2) is 10.1. The number of nitrogens with zero attached hydrogens (tertiary/aromatic N) is 3. The Labute approximate surface area is 233 Å². The molecule has 0 amide bonds. The highest BCUT2D eigenvalue weighted by Crippen LogP contribution is 2.47. The van der Waals surface area contributed by atoms with E-state index in [4.69, 9.17) is 26.7 Å². The molecule has 7 heteroatoms. The lowest BCUT2D eigenvalue weighted by atomic mass is 9.96. The zero-order valence-electron chi connectivity index (χ0n) is 22.4. The fourth-order valence-corrected chi connectivity index (χ4v) is 6.12. The first-order valence-corrected chi connectivity index (χ1v) is 13.3. The standard InChI is InChI=1S/C32H30N4O2S/c1-20-18-25(21(2)35(20)27-14-9-11-22-10-5-6-12-24(22)27)31-30(26-13-7-8-17-33-26)34-32(39)36(31)28-19-23(37-3)15-16-29(28)38-4/h5-19,30-31H,1-4H3,(H,34,39). The van der Waals surface area contributed by atoms with Gasteiger partial charge in [-0.3, -0.25) is 4.98 Å². The molecule has 0 saturated carbocycles. The lowest BCUT2D eigenvalue weighted by molar-refractivity contribution is 0.403. The lowest BCUT2D eigenvalue weighted by Crippen LogP contribution is -2.30. The van der Waals surface area contributed by atoms with Crippen molar-refractivity contribution in [3.05, 3.63) is 114 Å². The molecule has 1 saturated heterocycles. The van der Waals surface area contributed by atoms with Crippen molar-refractivity contribution in [3.8, 4) is 17.2 Å². The van der Waals surface area contributed by atoms with Gasteiger partial charge in [0.2, 0.25) is 0 Å². The monoisotopic (exact) mass is 534 g/mol. The second-order valence-electron chi connectivity index (χ2n) is 9.69. The first-order valence-electron chi connectivity index (χ1n) is 12.9. The van der Waals surface area contributed by atoms with Crippen LogP contribution >= 0.6 is 12.2 Å². The number of aryl methyl sites for hydroxylation is 1. The zero-order chi connectivity index (χ0) is 27.1. The molecule has 2 aromatic heterocycles. The summed E-state index contributed by atoms with van der Waals surface area (Å²) in [4.78, 5) is 6.87. The number of benzene rings is 3. The molecule has 6 rings (SSSR count). The smallest absolute Gasteiger partial charge is 0.174 e. The van der Waals surface area contributed by atoms with Gasteiger partial charge in [-0.05, 0) is 73.4 Å². The molecule has 1 aliphatic heterocycles. The maximum atomic E-state index is 5.99. The highest BCUT2D eigenvalue weighted by molar-refractivity contribution is 7.80. The van der Waals surface area contributed by atoms with E-state index in [1.807, 2.05) is 42.6 Å². The summed E-state index contributed by atoms with van der Waals surface area (Å²) in [7, 11) is 3.34. The Hall–Kier alpha value is -4.36. The fraction of sp³-hybridized carbons (Fsp3) is 0.188. The summed E-state index contributed by atoms with van der Waals surface area (Å²) in [5.41, 5.74) is 6.37. The van der Waals surface area contributed by atoms with Gasteiger partial charge in [0.15, 0.2) is 5.11 Å². The maximum absolute atomic E-state index is 5.99. The summed E-state index contributed by atoms with van der Waals surface area (Å²) in [6.45, 7) is 4.34. The Morgan fingerprint density at radius 2 is 1.64 bits per heavy atom. The molecule has 0 spiro atoms. The summed E-state index contributed by atoms with van der Waals surface area (Å²) in [6, 6.07) is 28.7. The fourth-order valence-electron chi connectivity index (χ4n) is 5.78. The van der Waals surface area contributed by atoms with E-state index >= 15 is 0 Å². The molecule has 1 fully saturated rings. The lowest BCUT2D eigenvalue weighted by Gasteiger charge is -2.29. The average Bonchev–Trinajstić information content (AvgIpc) is 3.47. The average molecular weight is 535 g/mol. The molecule has 39 heavy (non-hydrogen) atoms. The van der Waals surface area contributed by atoms with Crippen molar-refractivity contribution in [1.29, 1.82) is 0 Å². The molecule has 0 bridgehead atoms. The molecule has 0 aliphatic carbocycles. The minimum atomic E-state index is -0.177. The van der Waals surface area contributed by atoms with Crippen molar-refractivity contribution >= 4 is 33.8 Å². The molecule has 1 aliphatic rings. The van der Waals surface area contributed by atoms with Crippen LogP contribution in [0.4, 0.5) is 5.69 Å². The largest absolute Gasteiger partial charge is 0.497 e. The molecule has 0 radical (unpaired) electrons. The van der Waals surface area contributed by atoms with Gasteiger partial charge in [0.25, 0.3) is 0 Å². The minimum Gasteiger partial charge on any atom is -0.497 e. The molecule has 6 nitrogen and oxygen atoms in total. The predicted molar refractivity (Wildman–Crippen MR) is 160 cm³/mol. The molecule has 3 aromatic carbocycles. The van der Waals surface area contributed by atoms with E-state index in [2.05, 4.69) is 77.2 Å². The van der Waals surface area contributed by atoms with Crippen LogP contribution in [0.2, 0.25) is 0 Å². The Morgan fingerprint density at radius 1 is 0.846 bits per heavy atom. The first-order chi connectivity index (χ1) is 19.0. The summed E-state index contributed by atoms with van der Waals surface area (Å²) >= 11 is 5.99. The van der Waals surface area contributed by atoms with Gasteiger partial charge >= 0.3 is 0 Å². The van der Waals surface area contributed by atoms with E-state index in [1.54, 1.807) is 14.2 Å². The number of fused-ring (bicyclic) bond motifs is 1. The van der Waals surface area contributed by atoms with E-state index < -0.39 is 0 Å². The summed E-state index contributed by atoms with van der Waals surface area (Å²) in [5.74, 6) is 1.45.